The van der Waals surface area contributed by atoms with Gasteiger partial charge in [-0.3, -0.25) is 0 Å². The summed E-state index contributed by atoms with van der Waals surface area (Å²) in [6, 6.07) is 6.74. The van der Waals surface area contributed by atoms with Gasteiger partial charge in [0.1, 0.15) is 5.75 Å². The SMILES string of the molecule is COc1cccc(N2CCSCC2C)c1[C@@H](C)N. The standard InChI is InChI=1S/C14H22N2OS/c1-10-9-18-8-7-16(10)12-5-4-6-13(17-3)14(12)11(2)15/h4-6,10-11H,7-9,15H2,1-3H3/t10?,11-/m1/s1. The lowest BCUT2D eigenvalue weighted by atomic mass is 10.0. The van der Waals surface area contributed by atoms with Crippen LogP contribution in [0.2, 0.25) is 0 Å². The smallest absolute Gasteiger partial charge is 0.125 e. The molecule has 1 heterocycles. The van der Waals surface area contributed by atoms with Gasteiger partial charge in [-0.15, -0.1) is 0 Å². The molecule has 0 bridgehead atoms. The van der Waals surface area contributed by atoms with Crippen LogP contribution in [0.3, 0.4) is 0 Å². The van der Waals surface area contributed by atoms with E-state index in [1.165, 1.54) is 17.2 Å². The summed E-state index contributed by atoms with van der Waals surface area (Å²) >= 11 is 2.02. The van der Waals surface area contributed by atoms with Gasteiger partial charge >= 0.3 is 0 Å². The van der Waals surface area contributed by atoms with Crippen LogP contribution in [0.15, 0.2) is 18.2 Å². The van der Waals surface area contributed by atoms with Crippen LogP contribution in [-0.4, -0.2) is 31.2 Å². The Morgan fingerprint density at radius 1 is 1.50 bits per heavy atom. The zero-order valence-corrected chi connectivity index (χ0v) is 12.2. The number of benzene rings is 1. The van der Waals surface area contributed by atoms with Crippen molar-refractivity contribution in [3.8, 4) is 5.75 Å². The number of anilines is 1. The van der Waals surface area contributed by atoms with Crippen LogP contribution in [-0.2, 0) is 0 Å². The third kappa shape index (κ3) is 2.59. The zero-order chi connectivity index (χ0) is 13.1. The van der Waals surface area contributed by atoms with Crippen molar-refractivity contribution in [2.24, 2.45) is 5.73 Å². The zero-order valence-electron chi connectivity index (χ0n) is 11.3. The van der Waals surface area contributed by atoms with Gasteiger partial charge in [0.25, 0.3) is 0 Å². The molecule has 2 rings (SSSR count). The van der Waals surface area contributed by atoms with Crippen molar-refractivity contribution < 1.29 is 4.74 Å². The summed E-state index contributed by atoms with van der Waals surface area (Å²) in [6.45, 7) is 5.38. The molecule has 1 aliphatic heterocycles. The molecule has 100 valence electrons. The van der Waals surface area contributed by atoms with Crippen molar-refractivity contribution in [2.75, 3.05) is 30.1 Å². The number of ether oxygens (including phenoxy) is 1. The van der Waals surface area contributed by atoms with Gasteiger partial charge in [-0.25, -0.2) is 0 Å². The lowest BCUT2D eigenvalue weighted by Gasteiger charge is -2.37. The second-order valence-electron chi connectivity index (χ2n) is 4.80. The van der Waals surface area contributed by atoms with E-state index < -0.39 is 0 Å². The molecule has 1 aromatic rings. The highest BCUT2D eigenvalue weighted by Gasteiger charge is 2.24. The molecular weight excluding hydrogens is 244 g/mol. The molecule has 2 atom stereocenters. The highest BCUT2D eigenvalue weighted by atomic mass is 32.2. The molecule has 1 fully saturated rings. The monoisotopic (exact) mass is 266 g/mol. The Hall–Kier alpha value is -0.870. The number of hydrogen-bond donors (Lipinski definition) is 1. The largest absolute Gasteiger partial charge is 0.496 e. The number of nitrogens with zero attached hydrogens (tertiary/aromatic N) is 1. The Morgan fingerprint density at radius 2 is 2.28 bits per heavy atom. The summed E-state index contributed by atoms with van der Waals surface area (Å²) in [5, 5.41) is 0. The fraction of sp³-hybridized carbons (Fsp3) is 0.571. The molecule has 0 spiro atoms. The first-order chi connectivity index (χ1) is 8.65. The molecule has 0 aliphatic carbocycles. The lowest BCUT2D eigenvalue weighted by molar-refractivity contribution is 0.406. The van der Waals surface area contributed by atoms with E-state index in [0.717, 1.165) is 17.9 Å². The minimum atomic E-state index is -0.0158. The van der Waals surface area contributed by atoms with Crippen LogP contribution in [0.1, 0.15) is 25.5 Å². The second kappa shape index (κ2) is 5.85. The Labute approximate surface area is 114 Å². The van der Waals surface area contributed by atoms with Crippen LogP contribution in [0.4, 0.5) is 5.69 Å². The number of thioether (sulfide) groups is 1. The maximum absolute atomic E-state index is 6.13. The third-order valence-corrected chi connectivity index (χ3v) is 4.58. The average Bonchev–Trinajstić information content (AvgIpc) is 2.38. The quantitative estimate of drug-likeness (QED) is 0.913. The normalized spacial score (nSPS) is 21.8. The number of nitrogens with two attached hydrogens (primary N) is 1. The van der Waals surface area contributed by atoms with Gasteiger partial charge in [0.05, 0.1) is 7.11 Å². The molecule has 3 nitrogen and oxygen atoms in total. The van der Waals surface area contributed by atoms with Gasteiger partial charge in [0.2, 0.25) is 0 Å². The van der Waals surface area contributed by atoms with E-state index in [4.69, 9.17) is 10.5 Å². The van der Waals surface area contributed by atoms with Crippen LogP contribution in [0.25, 0.3) is 0 Å². The first-order valence-electron chi connectivity index (χ1n) is 6.42. The van der Waals surface area contributed by atoms with Crippen molar-refractivity contribution in [1.29, 1.82) is 0 Å². The lowest BCUT2D eigenvalue weighted by Crippen LogP contribution is -2.41. The van der Waals surface area contributed by atoms with Crippen LogP contribution in [0.5, 0.6) is 5.75 Å². The predicted molar refractivity (Wildman–Crippen MR) is 79.7 cm³/mol. The summed E-state index contributed by atoms with van der Waals surface area (Å²) in [7, 11) is 1.71. The van der Waals surface area contributed by atoms with Gasteiger partial charge in [-0.1, -0.05) is 6.07 Å². The molecular formula is C14H22N2OS. The molecule has 0 radical (unpaired) electrons. The molecule has 0 aromatic heterocycles. The Kier molecular flexibility index (Phi) is 4.40. The number of rotatable bonds is 3. The van der Waals surface area contributed by atoms with E-state index in [0.29, 0.717) is 6.04 Å². The Morgan fingerprint density at radius 3 is 2.89 bits per heavy atom. The Bertz CT molecular complexity index is 409. The first kappa shape index (κ1) is 13.6. The molecule has 2 N–H and O–H groups in total. The summed E-state index contributed by atoms with van der Waals surface area (Å²) < 4.78 is 5.46. The molecule has 0 amide bonds. The van der Waals surface area contributed by atoms with E-state index in [9.17, 15) is 0 Å². The summed E-state index contributed by atoms with van der Waals surface area (Å²) in [5.74, 6) is 3.25. The van der Waals surface area contributed by atoms with Crippen molar-refractivity contribution in [1.82, 2.24) is 0 Å². The topological polar surface area (TPSA) is 38.5 Å². The average molecular weight is 266 g/mol. The van der Waals surface area contributed by atoms with E-state index in [1.807, 2.05) is 24.8 Å². The van der Waals surface area contributed by atoms with Gasteiger partial charge in [-0.2, -0.15) is 11.8 Å². The maximum atomic E-state index is 6.13. The first-order valence-corrected chi connectivity index (χ1v) is 7.57. The number of hydrogen-bond acceptors (Lipinski definition) is 4. The van der Waals surface area contributed by atoms with Gasteiger partial charge < -0.3 is 15.4 Å². The molecule has 18 heavy (non-hydrogen) atoms. The van der Waals surface area contributed by atoms with E-state index >= 15 is 0 Å². The van der Waals surface area contributed by atoms with Crippen molar-refractivity contribution >= 4 is 17.4 Å². The number of methoxy groups -OCH3 is 1. The van der Waals surface area contributed by atoms with Crippen LogP contribution >= 0.6 is 11.8 Å². The fourth-order valence-corrected chi connectivity index (χ4v) is 3.52. The van der Waals surface area contributed by atoms with Gasteiger partial charge in [0, 0.05) is 41.4 Å². The molecule has 0 saturated carbocycles. The minimum Gasteiger partial charge on any atom is -0.496 e. The van der Waals surface area contributed by atoms with Gasteiger partial charge in [0.15, 0.2) is 0 Å². The fourth-order valence-electron chi connectivity index (χ4n) is 2.50. The molecule has 1 unspecified atom stereocenters. The molecule has 1 aromatic carbocycles. The van der Waals surface area contributed by atoms with E-state index in [-0.39, 0.29) is 6.04 Å². The van der Waals surface area contributed by atoms with E-state index in [2.05, 4.69) is 24.0 Å². The van der Waals surface area contributed by atoms with Crippen molar-refractivity contribution in [3.05, 3.63) is 23.8 Å². The summed E-state index contributed by atoms with van der Waals surface area (Å²) in [4.78, 5) is 2.46. The molecule has 1 aliphatic rings. The summed E-state index contributed by atoms with van der Waals surface area (Å²) in [6.07, 6.45) is 0. The Balaban J connectivity index is 2.42. The van der Waals surface area contributed by atoms with Crippen molar-refractivity contribution in [3.63, 3.8) is 0 Å². The van der Waals surface area contributed by atoms with Gasteiger partial charge in [-0.05, 0) is 26.0 Å². The highest BCUT2D eigenvalue weighted by molar-refractivity contribution is 7.99. The third-order valence-electron chi connectivity index (χ3n) is 3.40. The minimum absolute atomic E-state index is 0.0158. The second-order valence-corrected chi connectivity index (χ2v) is 5.95. The molecule has 1 saturated heterocycles. The van der Waals surface area contributed by atoms with Crippen LogP contribution < -0.4 is 15.4 Å². The van der Waals surface area contributed by atoms with Crippen molar-refractivity contribution in [2.45, 2.75) is 25.9 Å². The predicted octanol–water partition coefficient (Wildman–Crippen LogP) is 2.66. The van der Waals surface area contributed by atoms with Crippen LogP contribution in [0, 0.1) is 0 Å². The molecule has 4 heteroatoms. The maximum Gasteiger partial charge on any atom is 0.125 e. The highest BCUT2D eigenvalue weighted by Crippen LogP contribution is 2.36. The summed E-state index contributed by atoms with van der Waals surface area (Å²) in [5.41, 5.74) is 8.49. The van der Waals surface area contributed by atoms with E-state index in [1.54, 1.807) is 7.11 Å².